The quantitative estimate of drug-likeness (QED) is 0.827. The lowest BCUT2D eigenvalue weighted by Gasteiger charge is -2.10. The first-order chi connectivity index (χ1) is 7.30. The number of anilines is 1. The van der Waals surface area contributed by atoms with Crippen LogP contribution in [0.3, 0.4) is 0 Å². The lowest BCUT2D eigenvalue weighted by Crippen LogP contribution is -2.27. The zero-order valence-electron chi connectivity index (χ0n) is 8.12. The molecule has 0 amide bonds. The maximum absolute atomic E-state index is 12.2. The van der Waals surface area contributed by atoms with Gasteiger partial charge in [0.1, 0.15) is 11.7 Å². The van der Waals surface area contributed by atoms with E-state index in [1.54, 1.807) is 0 Å². The van der Waals surface area contributed by atoms with E-state index >= 15 is 0 Å². The summed E-state index contributed by atoms with van der Waals surface area (Å²) in [5, 5.41) is 10.8. The summed E-state index contributed by atoms with van der Waals surface area (Å²) in [6.45, 7) is 1.27. The van der Waals surface area contributed by atoms with Gasteiger partial charge in [0.2, 0.25) is 5.95 Å². The molecular weight excluding hydrogens is 227 g/mol. The number of hydrogen-bond acceptors (Lipinski definition) is 4. The first kappa shape index (κ1) is 12.2. The Bertz CT molecular complexity index is 394. The molecule has 0 aromatic carbocycles. The van der Waals surface area contributed by atoms with E-state index in [0.29, 0.717) is 6.07 Å². The number of nitrogens with zero attached hydrogens (tertiary/aromatic N) is 2. The minimum atomic E-state index is -4.58. The zero-order valence-corrected chi connectivity index (χ0v) is 8.12. The van der Waals surface area contributed by atoms with Crippen LogP contribution in [0.1, 0.15) is 12.6 Å². The molecule has 1 aromatic heterocycles. The van der Waals surface area contributed by atoms with Crippen molar-refractivity contribution >= 4 is 11.9 Å². The van der Waals surface area contributed by atoms with Crippen molar-refractivity contribution in [2.24, 2.45) is 0 Å². The van der Waals surface area contributed by atoms with Crippen molar-refractivity contribution in [3.63, 3.8) is 0 Å². The van der Waals surface area contributed by atoms with Crippen LogP contribution in [0.4, 0.5) is 19.1 Å². The van der Waals surface area contributed by atoms with E-state index in [1.807, 2.05) is 0 Å². The number of aliphatic carboxylic acids is 1. The highest BCUT2D eigenvalue weighted by Gasteiger charge is 2.32. The van der Waals surface area contributed by atoms with Crippen molar-refractivity contribution in [2.45, 2.75) is 19.1 Å². The van der Waals surface area contributed by atoms with Gasteiger partial charge in [-0.3, -0.25) is 4.79 Å². The molecule has 88 valence electrons. The number of aromatic nitrogens is 2. The highest BCUT2D eigenvalue weighted by atomic mass is 19.4. The first-order valence-electron chi connectivity index (χ1n) is 4.20. The summed E-state index contributed by atoms with van der Waals surface area (Å²) in [5.74, 6) is -1.58. The molecular formula is C8H8F3N3O2. The predicted octanol–water partition coefficient (Wildman–Crippen LogP) is 1.38. The van der Waals surface area contributed by atoms with E-state index in [-0.39, 0.29) is 5.95 Å². The Labute approximate surface area is 88.3 Å². The van der Waals surface area contributed by atoms with E-state index in [9.17, 15) is 18.0 Å². The van der Waals surface area contributed by atoms with Crippen LogP contribution in [-0.4, -0.2) is 27.1 Å². The molecule has 16 heavy (non-hydrogen) atoms. The fourth-order valence-corrected chi connectivity index (χ4v) is 0.842. The zero-order chi connectivity index (χ0) is 12.3. The lowest BCUT2D eigenvalue weighted by molar-refractivity contribution is -0.141. The van der Waals surface area contributed by atoms with E-state index in [1.165, 1.54) is 6.92 Å². The summed E-state index contributed by atoms with van der Waals surface area (Å²) < 4.78 is 36.7. The summed E-state index contributed by atoms with van der Waals surface area (Å²) in [5.41, 5.74) is -1.12. The molecule has 0 aliphatic carbocycles. The molecule has 0 aliphatic rings. The van der Waals surface area contributed by atoms with Gasteiger partial charge in [0, 0.05) is 6.20 Å². The number of carboxylic acids is 1. The van der Waals surface area contributed by atoms with Gasteiger partial charge in [0.05, 0.1) is 0 Å². The van der Waals surface area contributed by atoms with E-state index in [0.717, 1.165) is 6.20 Å². The molecule has 0 fully saturated rings. The molecule has 1 heterocycles. The van der Waals surface area contributed by atoms with Crippen LogP contribution < -0.4 is 5.32 Å². The smallest absolute Gasteiger partial charge is 0.433 e. The molecule has 2 N–H and O–H groups in total. The van der Waals surface area contributed by atoms with Gasteiger partial charge in [-0.05, 0) is 13.0 Å². The summed E-state index contributed by atoms with van der Waals surface area (Å²) in [4.78, 5) is 17.1. The van der Waals surface area contributed by atoms with Crippen molar-refractivity contribution in [2.75, 3.05) is 5.32 Å². The molecule has 1 atom stereocenters. The molecule has 0 radical (unpaired) electrons. The average molecular weight is 235 g/mol. The van der Waals surface area contributed by atoms with E-state index in [4.69, 9.17) is 5.11 Å². The van der Waals surface area contributed by atoms with Crippen LogP contribution in [0.25, 0.3) is 0 Å². The maximum Gasteiger partial charge on any atom is 0.433 e. The topological polar surface area (TPSA) is 75.1 Å². The molecule has 0 bridgehead atoms. The van der Waals surface area contributed by atoms with Crippen LogP contribution in [0.2, 0.25) is 0 Å². The fraction of sp³-hybridized carbons (Fsp3) is 0.375. The van der Waals surface area contributed by atoms with Gasteiger partial charge in [0.25, 0.3) is 0 Å². The molecule has 5 nitrogen and oxygen atoms in total. The van der Waals surface area contributed by atoms with Crippen molar-refractivity contribution in [1.29, 1.82) is 0 Å². The maximum atomic E-state index is 12.2. The fourth-order valence-electron chi connectivity index (χ4n) is 0.842. The largest absolute Gasteiger partial charge is 0.480 e. The van der Waals surface area contributed by atoms with Gasteiger partial charge in [-0.1, -0.05) is 0 Å². The molecule has 0 unspecified atom stereocenters. The van der Waals surface area contributed by atoms with E-state index < -0.39 is 23.9 Å². The Balaban J connectivity index is 2.87. The second-order valence-electron chi connectivity index (χ2n) is 2.97. The second-order valence-corrected chi connectivity index (χ2v) is 2.97. The Hall–Kier alpha value is -1.86. The Morgan fingerprint density at radius 2 is 2.19 bits per heavy atom. The molecule has 0 spiro atoms. The summed E-state index contributed by atoms with van der Waals surface area (Å²) in [6.07, 6.45) is -3.67. The van der Waals surface area contributed by atoms with Crippen LogP contribution in [0.5, 0.6) is 0 Å². The summed E-state index contributed by atoms with van der Waals surface area (Å²) >= 11 is 0. The van der Waals surface area contributed by atoms with Crippen LogP contribution in [0, 0.1) is 0 Å². The molecule has 0 saturated carbocycles. The second kappa shape index (κ2) is 4.33. The molecule has 1 aromatic rings. The van der Waals surface area contributed by atoms with Gasteiger partial charge in [0.15, 0.2) is 0 Å². The highest BCUT2D eigenvalue weighted by Crippen LogP contribution is 2.27. The number of halogens is 3. The Morgan fingerprint density at radius 3 is 2.69 bits per heavy atom. The number of rotatable bonds is 3. The number of alkyl halides is 3. The number of nitrogens with one attached hydrogen (secondary N) is 1. The minimum absolute atomic E-state index is 0.371. The Morgan fingerprint density at radius 1 is 1.56 bits per heavy atom. The molecule has 1 rings (SSSR count). The normalized spacial score (nSPS) is 13.2. The molecule has 8 heteroatoms. The van der Waals surface area contributed by atoms with Gasteiger partial charge in [-0.25, -0.2) is 9.97 Å². The third kappa shape index (κ3) is 3.07. The standard InChI is InChI=1S/C8H8F3N3O2/c1-4(6(15)16)13-7-12-3-2-5(14-7)8(9,10)11/h2-4H,1H3,(H,15,16)(H,12,13,14)/t4-/m0/s1. The minimum Gasteiger partial charge on any atom is -0.480 e. The van der Waals surface area contributed by atoms with Crippen LogP contribution >= 0.6 is 0 Å². The van der Waals surface area contributed by atoms with E-state index in [2.05, 4.69) is 15.3 Å². The highest BCUT2D eigenvalue weighted by molar-refractivity contribution is 5.75. The predicted molar refractivity (Wildman–Crippen MR) is 47.8 cm³/mol. The third-order valence-electron chi connectivity index (χ3n) is 1.66. The Kier molecular flexibility index (Phi) is 3.31. The number of hydrogen-bond donors (Lipinski definition) is 2. The van der Waals surface area contributed by atoms with Crippen molar-refractivity contribution in [3.8, 4) is 0 Å². The summed E-state index contributed by atoms with van der Waals surface area (Å²) in [6, 6.07) is -0.361. The first-order valence-corrected chi connectivity index (χ1v) is 4.20. The molecule has 0 saturated heterocycles. The molecule has 0 aliphatic heterocycles. The SMILES string of the molecule is C[C@H](Nc1nccc(C(F)(F)F)n1)C(=O)O. The number of carboxylic acid groups (broad SMARTS) is 1. The van der Waals surface area contributed by atoms with Gasteiger partial charge in [-0.15, -0.1) is 0 Å². The van der Waals surface area contributed by atoms with Crippen molar-refractivity contribution < 1.29 is 23.1 Å². The van der Waals surface area contributed by atoms with Gasteiger partial charge < -0.3 is 10.4 Å². The monoisotopic (exact) mass is 235 g/mol. The van der Waals surface area contributed by atoms with Gasteiger partial charge in [-0.2, -0.15) is 13.2 Å². The van der Waals surface area contributed by atoms with Gasteiger partial charge >= 0.3 is 12.1 Å². The number of carbonyl (C=O) groups is 1. The van der Waals surface area contributed by atoms with Crippen LogP contribution in [-0.2, 0) is 11.0 Å². The van der Waals surface area contributed by atoms with Crippen molar-refractivity contribution in [3.05, 3.63) is 18.0 Å². The van der Waals surface area contributed by atoms with Crippen LogP contribution in [0.15, 0.2) is 12.3 Å². The average Bonchev–Trinajstić information content (AvgIpc) is 2.16. The summed E-state index contributed by atoms with van der Waals surface area (Å²) in [7, 11) is 0. The van der Waals surface area contributed by atoms with Crippen molar-refractivity contribution in [1.82, 2.24) is 9.97 Å². The third-order valence-corrected chi connectivity index (χ3v) is 1.66. The lowest BCUT2D eigenvalue weighted by atomic mass is 10.3.